The molecule has 2 aromatic rings. The Labute approximate surface area is 176 Å². The second-order valence-electron chi connectivity index (χ2n) is 7.24. The third-order valence-corrected chi connectivity index (χ3v) is 5.64. The van der Waals surface area contributed by atoms with Crippen LogP contribution in [0.1, 0.15) is 26.5 Å². The first kappa shape index (κ1) is 23.5. The Bertz CT molecular complexity index is 982. The van der Waals surface area contributed by atoms with E-state index in [1.54, 1.807) is 6.92 Å². The minimum atomic E-state index is -4.85. The number of phosphoric ester groups is 1. The van der Waals surface area contributed by atoms with E-state index in [4.69, 9.17) is 30.7 Å². The van der Waals surface area contributed by atoms with Crippen molar-refractivity contribution in [2.24, 2.45) is 11.7 Å². The highest BCUT2D eigenvalue weighted by Gasteiger charge is 2.49. The van der Waals surface area contributed by atoms with Gasteiger partial charge in [0.1, 0.15) is 30.1 Å². The van der Waals surface area contributed by atoms with Gasteiger partial charge in [0.25, 0.3) is 0 Å². The maximum Gasteiger partial charge on any atom is 0.469 e. The molecule has 0 bridgehead atoms. The van der Waals surface area contributed by atoms with Gasteiger partial charge < -0.3 is 35.8 Å². The largest absolute Gasteiger partial charge is 0.469 e. The number of nitrogens with zero attached hydrogens (tertiary/aromatic N) is 4. The summed E-state index contributed by atoms with van der Waals surface area (Å²) in [6, 6.07) is -0.957. The number of aromatic nitrogens is 4. The van der Waals surface area contributed by atoms with Crippen LogP contribution < -0.4 is 11.5 Å². The van der Waals surface area contributed by atoms with Crippen molar-refractivity contribution < 1.29 is 38.3 Å². The number of nitrogens with two attached hydrogens (primary N) is 2. The van der Waals surface area contributed by atoms with E-state index in [1.165, 1.54) is 17.2 Å². The minimum Gasteiger partial charge on any atom is -0.455 e. The van der Waals surface area contributed by atoms with Crippen molar-refractivity contribution in [3.8, 4) is 0 Å². The van der Waals surface area contributed by atoms with E-state index >= 15 is 0 Å². The molecule has 7 N–H and O–H groups in total. The average Bonchev–Trinajstić information content (AvgIpc) is 3.27. The van der Waals surface area contributed by atoms with Crippen molar-refractivity contribution in [1.82, 2.24) is 19.5 Å². The number of fused-ring (bicyclic) bond motifs is 1. The van der Waals surface area contributed by atoms with Crippen LogP contribution in [0.3, 0.4) is 0 Å². The number of nitrogen functional groups attached to an aromatic ring is 1. The topological polar surface area (TPSA) is 218 Å². The predicted octanol–water partition coefficient (Wildman–Crippen LogP) is -0.939. The van der Waals surface area contributed by atoms with E-state index in [0.29, 0.717) is 6.42 Å². The van der Waals surface area contributed by atoms with Gasteiger partial charge in [-0.3, -0.25) is 13.9 Å². The molecule has 0 unspecified atom stereocenters. The second-order valence-corrected chi connectivity index (χ2v) is 8.48. The number of imidazole rings is 1. The van der Waals surface area contributed by atoms with Gasteiger partial charge in [0.05, 0.1) is 12.9 Å². The third kappa shape index (κ3) is 5.01. The first-order valence-electron chi connectivity index (χ1n) is 9.46. The molecule has 2 aromatic heterocycles. The number of hydrogen-bond acceptors (Lipinski definition) is 11. The highest BCUT2D eigenvalue weighted by molar-refractivity contribution is 7.46. The molecule has 0 amide bonds. The van der Waals surface area contributed by atoms with E-state index in [0.717, 1.165) is 0 Å². The lowest BCUT2D eigenvalue weighted by Crippen LogP contribution is -2.45. The molecule has 0 radical (unpaired) electrons. The summed E-state index contributed by atoms with van der Waals surface area (Å²) >= 11 is 0. The number of carbonyl (C=O) groups excluding carboxylic acids is 1. The van der Waals surface area contributed by atoms with Crippen LogP contribution in [-0.2, 0) is 23.4 Å². The van der Waals surface area contributed by atoms with Crippen molar-refractivity contribution in [3.05, 3.63) is 12.7 Å². The molecule has 172 valence electrons. The SMILES string of the molecule is CC[C@H](C)[C@H](N)C(=O)O[C@H]1[C@@H](O)[C@H](n2cnc3c(N)ncnc32)O[C@@H]1COP(=O)(O)O. The summed E-state index contributed by atoms with van der Waals surface area (Å²) in [7, 11) is -4.85. The number of rotatable bonds is 8. The van der Waals surface area contributed by atoms with Crippen molar-refractivity contribution in [2.75, 3.05) is 12.3 Å². The number of aliphatic hydroxyl groups is 1. The zero-order valence-corrected chi connectivity index (χ0v) is 17.7. The number of aliphatic hydroxyl groups excluding tert-OH is 1. The molecular weight excluding hydrogens is 435 g/mol. The van der Waals surface area contributed by atoms with Gasteiger partial charge in [0.15, 0.2) is 23.8 Å². The fraction of sp³-hybridized carbons (Fsp3) is 0.625. The van der Waals surface area contributed by atoms with Gasteiger partial charge >= 0.3 is 13.8 Å². The van der Waals surface area contributed by atoms with E-state index < -0.39 is 51.0 Å². The number of anilines is 1. The van der Waals surface area contributed by atoms with E-state index in [9.17, 15) is 14.5 Å². The van der Waals surface area contributed by atoms with Gasteiger partial charge in [-0.1, -0.05) is 20.3 Å². The molecule has 3 rings (SSSR count). The average molecular weight is 460 g/mol. The Balaban J connectivity index is 1.88. The van der Waals surface area contributed by atoms with Crippen LogP contribution in [0.5, 0.6) is 0 Å². The Kier molecular flexibility index (Phi) is 6.91. The summed E-state index contributed by atoms with van der Waals surface area (Å²) < 4.78 is 28.1. The summed E-state index contributed by atoms with van der Waals surface area (Å²) in [4.78, 5) is 42.5. The maximum absolute atomic E-state index is 12.5. The molecule has 0 aromatic carbocycles. The molecule has 6 atom stereocenters. The number of esters is 1. The second kappa shape index (κ2) is 9.12. The van der Waals surface area contributed by atoms with Crippen LogP contribution >= 0.6 is 7.82 Å². The molecule has 14 nitrogen and oxygen atoms in total. The molecule has 0 spiro atoms. The van der Waals surface area contributed by atoms with Crippen molar-refractivity contribution >= 4 is 30.8 Å². The summed E-state index contributed by atoms with van der Waals surface area (Å²) in [5.41, 5.74) is 12.2. The smallest absolute Gasteiger partial charge is 0.455 e. The highest BCUT2D eigenvalue weighted by atomic mass is 31.2. The van der Waals surface area contributed by atoms with Crippen molar-refractivity contribution in [2.45, 2.75) is 50.8 Å². The van der Waals surface area contributed by atoms with Gasteiger partial charge in [0.2, 0.25) is 0 Å². The van der Waals surface area contributed by atoms with Gasteiger partial charge in [0, 0.05) is 0 Å². The molecule has 15 heteroatoms. The zero-order valence-electron chi connectivity index (χ0n) is 16.8. The van der Waals surface area contributed by atoms with Crippen LogP contribution in [0, 0.1) is 5.92 Å². The van der Waals surface area contributed by atoms with Gasteiger partial charge in [-0.25, -0.2) is 19.5 Å². The zero-order chi connectivity index (χ0) is 22.9. The highest BCUT2D eigenvalue weighted by Crippen LogP contribution is 2.39. The summed E-state index contributed by atoms with van der Waals surface area (Å²) in [6.45, 7) is 2.97. The van der Waals surface area contributed by atoms with Crippen molar-refractivity contribution in [1.29, 1.82) is 0 Å². The van der Waals surface area contributed by atoms with Crippen LogP contribution in [0.15, 0.2) is 12.7 Å². The number of phosphoric acid groups is 1. The van der Waals surface area contributed by atoms with Crippen LogP contribution in [0.25, 0.3) is 11.2 Å². The van der Waals surface area contributed by atoms with E-state index in [2.05, 4.69) is 19.5 Å². The van der Waals surface area contributed by atoms with Gasteiger partial charge in [-0.2, -0.15) is 0 Å². The standard InChI is InChI=1S/C16H25N6O8P/c1-3-7(2)9(17)16(24)30-12-8(4-28-31(25,26)27)29-15(11(12)23)22-6-21-10-13(18)19-5-20-14(10)22/h5-9,11-12,15,23H,3-4,17H2,1-2H3,(H2,18,19,20)(H2,25,26,27)/t7-,8+,9-,11+,12+,15+/m0/s1. The molecule has 0 aliphatic carbocycles. The maximum atomic E-state index is 12.5. The number of ether oxygens (including phenoxy) is 2. The Morgan fingerprint density at radius 3 is 2.74 bits per heavy atom. The van der Waals surface area contributed by atoms with Gasteiger partial charge in [-0.05, 0) is 5.92 Å². The van der Waals surface area contributed by atoms with Crippen molar-refractivity contribution in [3.63, 3.8) is 0 Å². The van der Waals surface area contributed by atoms with E-state index in [1.807, 2.05) is 6.92 Å². The first-order chi connectivity index (χ1) is 14.5. The molecular formula is C16H25N6O8P. The predicted molar refractivity (Wildman–Crippen MR) is 105 cm³/mol. The lowest BCUT2D eigenvalue weighted by molar-refractivity contribution is -0.159. The molecule has 1 saturated heterocycles. The van der Waals surface area contributed by atoms with Crippen LogP contribution in [0.4, 0.5) is 5.82 Å². The normalized spacial score (nSPS) is 26.1. The summed E-state index contributed by atoms with van der Waals surface area (Å²) in [5.74, 6) is -0.865. The molecule has 1 fully saturated rings. The first-order valence-corrected chi connectivity index (χ1v) is 11.0. The summed E-state index contributed by atoms with van der Waals surface area (Å²) in [6.07, 6.45) is -2.02. The Hall–Kier alpha value is -2.19. The molecule has 0 saturated carbocycles. The monoisotopic (exact) mass is 460 g/mol. The number of hydrogen-bond donors (Lipinski definition) is 5. The quantitative estimate of drug-likeness (QED) is 0.237. The fourth-order valence-corrected chi connectivity index (χ4v) is 3.50. The minimum absolute atomic E-state index is 0.111. The molecule has 3 heterocycles. The molecule has 1 aliphatic heterocycles. The molecule has 1 aliphatic rings. The fourth-order valence-electron chi connectivity index (χ4n) is 3.15. The lowest BCUT2D eigenvalue weighted by Gasteiger charge is -2.24. The third-order valence-electron chi connectivity index (χ3n) is 5.16. The van der Waals surface area contributed by atoms with E-state index in [-0.39, 0.29) is 22.9 Å². The van der Waals surface area contributed by atoms with Crippen LogP contribution in [-0.4, -0.2) is 71.3 Å². The number of carbonyl (C=O) groups is 1. The Morgan fingerprint density at radius 1 is 1.39 bits per heavy atom. The summed E-state index contributed by atoms with van der Waals surface area (Å²) in [5, 5.41) is 10.9. The Morgan fingerprint density at radius 2 is 2.10 bits per heavy atom. The van der Waals surface area contributed by atoms with Gasteiger partial charge in [-0.15, -0.1) is 0 Å². The van der Waals surface area contributed by atoms with Crippen LogP contribution in [0.2, 0.25) is 0 Å². The lowest BCUT2D eigenvalue weighted by atomic mass is 10.00. The molecule has 31 heavy (non-hydrogen) atoms.